The van der Waals surface area contributed by atoms with Gasteiger partial charge in [-0.25, -0.2) is 9.37 Å². The number of aliphatic carboxylic acids is 1. The fraction of sp³-hybridized carbons (Fsp3) is 0.647. The van der Waals surface area contributed by atoms with Gasteiger partial charge in [-0.3, -0.25) is 9.69 Å². The number of carboxylic acid groups (broad SMARTS) is 1. The molecule has 1 aliphatic carbocycles. The van der Waals surface area contributed by atoms with E-state index in [-0.39, 0.29) is 17.8 Å². The summed E-state index contributed by atoms with van der Waals surface area (Å²) in [4.78, 5) is 21.9. The van der Waals surface area contributed by atoms with Gasteiger partial charge in [0.1, 0.15) is 11.9 Å². The summed E-state index contributed by atoms with van der Waals surface area (Å²) in [6.07, 6.45) is 11.6. The number of methoxy groups -OCH3 is 1. The highest BCUT2D eigenvalue weighted by Gasteiger charge is 2.38. The maximum atomic E-state index is 15.3. The molecule has 0 amide bonds. The van der Waals surface area contributed by atoms with Gasteiger partial charge in [-0.15, -0.1) is 0 Å². The molecule has 0 bridgehead atoms. The van der Waals surface area contributed by atoms with Gasteiger partial charge in [-0.2, -0.15) is 0 Å². The summed E-state index contributed by atoms with van der Waals surface area (Å²) >= 11 is 0. The lowest BCUT2D eigenvalue weighted by Gasteiger charge is -2.33. The molecule has 4 aliphatic rings. The van der Waals surface area contributed by atoms with Crippen LogP contribution in [0.1, 0.15) is 92.1 Å². The fourth-order valence-electron chi connectivity index (χ4n) is 7.28. The maximum absolute atomic E-state index is 15.3. The van der Waals surface area contributed by atoms with Crippen LogP contribution in [0.3, 0.4) is 0 Å². The third kappa shape index (κ3) is 7.32. The zero-order valence-corrected chi connectivity index (χ0v) is 25.5. The molecule has 1 aromatic carbocycles. The Bertz CT molecular complexity index is 1260. The third-order valence-corrected chi connectivity index (χ3v) is 9.82. The Balaban J connectivity index is 1.00. The fourth-order valence-corrected chi connectivity index (χ4v) is 7.28. The zero-order chi connectivity index (χ0) is 29.8. The number of hydrogen-bond acceptors (Lipinski definition) is 7. The maximum Gasteiger partial charge on any atom is 0.325 e. The monoisotopic (exact) mass is 594 g/mol. The zero-order valence-electron chi connectivity index (χ0n) is 25.5. The molecule has 2 atom stereocenters. The van der Waals surface area contributed by atoms with Crippen LogP contribution in [-0.2, 0) is 22.4 Å². The van der Waals surface area contributed by atoms with Crippen molar-refractivity contribution in [1.82, 2.24) is 14.8 Å². The number of aromatic nitrogens is 1. The SMILES string of the molecule is COc1c(F)cc(C2CCN(C3CC3)CC2)cc1[C@@H](C(=O)O)N1CC[C@@H](OCCCCCc2ccc3c(n2)NCCC3)C1. The van der Waals surface area contributed by atoms with Crippen LogP contribution in [0.25, 0.3) is 0 Å². The number of anilines is 1. The van der Waals surface area contributed by atoms with Crippen molar-refractivity contribution in [1.29, 1.82) is 0 Å². The van der Waals surface area contributed by atoms with Crippen molar-refractivity contribution in [3.8, 4) is 5.75 Å². The number of carbonyl (C=O) groups is 1. The van der Waals surface area contributed by atoms with E-state index in [0.29, 0.717) is 25.3 Å². The summed E-state index contributed by atoms with van der Waals surface area (Å²) in [6.45, 7) is 4.81. The number of nitrogens with one attached hydrogen (secondary N) is 1. The topological polar surface area (TPSA) is 87.2 Å². The van der Waals surface area contributed by atoms with E-state index in [0.717, 1.165) is 94.1 Å². The number of rotatable bonds is 13. The van der Waals surface area contributed by atoms with Gasteiger partial charge in [0.2, 0.25) is 0 Å². The van der Waals surface area contributed by atoms with Crippen LogP contribution in [0.4, 0.5) is 10.2 Å². The number of piperidine rings is 1. The number of pyridine rings is 1. The van der Waals surface area contributed by atoms with E-state index in [9.17, 15) is 9.90 Å². The van der Waals surface area contributed by atoms with E-state index in [4.69, 9.17) is 14.5 Å². The molecule has 43 heavy (non-hydrogen) atoms. The highest BCUT2D eigenvalue weighted by Crippen LogP contribution is 2.40. The van der Waals surface area contributed by atoms with Crippen molar-refractivity contribution in [2.45, 2.75) is 94.7 Å². The molecule has 3 aliphatic heterocycles. The van der Waals surface area contributed by atoms with Gasteiger partial charge in [0.05, 0.1) is 13.2 Å². The molecule has 0 radical (unpaired) electrons. The summed E-state index contributed by atoms with van der Waals surface area (Å²) in [7, 11) is 1.42. The van der Waals surface area contributed by atoms with Crippen molar-refractivity contribution in [3.63, 3.8) is 0 Å². The predicted octanol–water partition coefficient (Wildman–Crippen LogP) is 5.56. The molecule has 6 rings (SSSR count). The van der Waals surface area contributed by atoms with Crippen molar-refractivity contribution in [3.05, 3.63) is 52.5 Å². The van der Waals surface area contributed by atoms with Gasteiger partial charge in [0.25, 0.3) is 0 Å². The Morgan fingerprint density at radius 3 is 2.72 bits per heavy atom. The highest BCUT2D eigenvalue weighted by atomic mass is 19.1. The Morgan fingerprint density at radius 2 is 1.95 bits per heavy atom. The predicted molar refractivity (Wildman–Crippen MR) is 164 cm³/mol. The molecule has 8 nitrogen and oxygen atoms in total. The second-order valence-corrected chi connectivity index (χ2v) is 12.8. The second-order valence-electron chi connectivity index (χ2n) is 12.8. The Labute approximate surface area is 254 Å². The number of ether oxygens (including phenoxy) is 2. The quantitative estimate of drug-likeness (QED) is 0.292. The van der Waals surface area contributed by atoms with E-state index in [1.807, 2.05) is 11.0 Å². The number of aryl methyl sites for hydroxylation is 2. The molecule has 9 heteroatoms. The minimum Gasteiger partial charge on any atom is -0.493 e. The summed E-state index contributed by atoms with van der Waals surface area (Å²) in [5, 5.41) is 13.8. The van der Waals surface area contributed by atoms with Crippen molar-refractivity contribution < 1.29 is 23.8 Å². The number of unbranched alkanes of at least 4 members (excludes halogenated alkanes) is 2. The van der Waals surface area contributed by atoms with Gasteiger partial charge >= 0.3 is 5.97 Å². The lowest BCUT2D eigenvalue weighted by Crippen LogP contribution is -2.35. The highest BCUT2D eigenvalue weighted by molar-refractivity contribution is 5.77. The van der Waals surface area contributed by atoms with Crippen LogP contribution in [-0.4, -0.2) is 84.4 Å². The number of carboxylic acids is 1. The molecule has 234 valence electrons. The molecule has 2 N–H and O–H groups in total. The van der Waals surface area contributed by atoms with Gasteiger partial charge < -0.3 is 24.8 Å². The summed E-state index contributed by atoms with van der Waals surface area (Å²) in [5.41, 5.74) is 3.77. The van der Waals surface area contributed by atoms with Crippen LogP contribution < -0.4 is 10.1 Å². The van der Waals surface area contributed by atoms with E-state index < -0.39 is 17.8 Å². The molecule has 2 saturated heterocycles. The molecule has 0 spiro atoms. The molecular weight excluding hydrogens is 547 g/mol. The molecule has 3 fully saturated rings. The standard InChI is InChI=1S/C34H47FN4O4/c1-42-32-29(20-25(21-30(32)35)23-12-16-38(17-13-23)27-10-11-27)31(34(40)41)39-18-14-28(22-39)43-19-4-2-3-7-26-9-8-24-6-5-15-36-33(24)37-26/h8-9,20-21,23,27-28,31H,2-7,10-19,22H2,1H3,(H,36,37)(H,40,41)/t28-,31+/m1/s1. The largest absolute Gasteiger partial charge is 0.493 e. The number of fused-ring (bicyclic) bond motifs is 1. The Morgan fingerprint density at radius 1 is 1.12 bits per heavy atom. The van der Waals surface area contributed by atoms with Gasteiger partial charge in [-0.05, 0) is 113 Å². The average molecular weight is 595 g/mol. The molecule has 0 unspecified atom stereocenters. The summed E-state index contributed by atoms with van der Waals surface area (Å²) in [5.74, 6) is -0.123. The molecule has 1 aromatic heterocycles. The van der Waals surface area contributed by atoms with E-state index in [1.165, 1.54) is 31.9 Å². The van der Waals surface area contributed by atoms with Gasteiger partial charge in [0.15, 0.2) is 11.6 Å². The Kier molecular flexibility index (Phi) is 9.80. The number of halogens is 1. The van der Waals surface area contributed by atoms with E-state index in [1.54, 1.807) is 6.07 Å². The molecular formula is C34H47FN4O4. The summed E-state index contributed by atoms with van der Waals surface area (Å²) in [6, 6.07) is 7.60. The third-order valence-electron chi connectivity index (χ3n) is 9.82. The molecule has 1 saturated carbocycles. The Hall–Kier alpha value is -2.75. The normalized spacial score (nSPS) is 22.2. The first kappa shape index (κ1) is 30.3. The first-order valence-corrected chi connectivity index (χ1v) is 16.4. The number of nitrogens with zero attached hydrogens (tertiary/aromatic N) is 3. The van der Waals surface area contributed by atoms with Crippen LogP contribution in [0.15, 0.2) is 24.3 Å². The lowest BCUT2D eigenvalue weighted by atomic mass is 9.87. The van der Waals surface area contributed by atoms with Crippen molar-refractivity contribution >= 4 is 11.8 Å². The van der Waals surface area contributed by atoms with E-state index >= 15 is 4.39 Å². The minimum atomic E-state index is -0.981. The number of benzene rings is 1. The number of hydrogen-bond donors (Lipinski definition) is 2. The van der Waals surface area contributed by atoms with Crippen molar-refractivity contribution in [2.24, 2.45) is 0 Å². The smallest absolute Gasteiger partial charge is 0.325 e. The van der Waals surface area contributed by atoms with Crippen molar-refractivity contribution in [2.75, 3.05) is 51.8 Å². The minimum absolute atomic E-state index is 0.0268. The van der Waals surface area contributed by atoms with E-state index in [2.05, 4.69) is 22.3 Å². The number of likely N-dealkylation sites (tertiary alicyclic amines) is 2. The van der Waals surface area contributed by atoms with Crippen LogP contribution >= 0.6 is 0 Å². The van der Waals surface area contributed by atoms with Crippen LogP contribution in [0.2, 0.25) is 0 Å². The van der Waals surface area contributed by atoms with Gasteiger partial charge in [-0.1, -0.05) is 12.5 Å². The average Bonchev–Trinajstić information content (AvgIpc) is 3.77. The molecule has 2 aromatic rings. The first-order valence-electron chi connectivity index (χ1n) is 16.4. The lowest BCUT2D eigenvalue weighted by molar-refractivity contribution is -0.143. The van der Waals surface area contributed by atoms with Gasteiger partial charge in [0, 0.05) is 43.5 Å². The molecule has 4 heterocycles. The van der Waals surface area contributed by atoms with Crippen LogP contribution in [0.5, 0.6) is 5.75 Å². The second kappa shape index (κ2) is 13.9. The summed E-state index contributed by atoms with van der Waals surface area (Å²) < 4.78 is 27.0. The first-order chi connectivity index (χ1) is 21.0. The van der Waals surface area contributed by atoms with Crippen LogP contribution in [0, 0.1) is 5.82 Å².